The van der Waals surface area contributed by atoms with Crippen molar-refractivity contribution >= 4 is 22.9 Å². The van der Waals surface area contributed by atoms with Crippen molar-refractivity contribution in [1.82, 2.24) is 5.43 Å². The van der Waals surface area contributed by atoms with Crippen LogP contribution in [0, 0.1) is 0 Å². The maximum Gasteiger partial charge on any atom is 0.411 e. The van der Waals surface area contributed by atoms with E-state index in [0.29, 0.717) is 10.8 Å². The van der Waals surface area contributed by atoms with E-state index in [1.165, 1.54) is 11.3 Å². The fourth-order valence-electron chi connectivity index (χ4n) is 1.21. The molecule has 8 heteroatoms. The Morgan fingerprint density at radius 2 is 2.18 bits per heavy atom. The summed E-state index contributed by atoms with van der Waals surface area (Å²) in [7, 11) is 0. The predicted octanol–water partition coefficient (Wildman–Crippen LogP) is 2.87. The molecular weight excluding hydrogens is 277 g/mol. The lowest BCUT2D eigenvalue weighted by Crippen LogP contribution is -2.29. The van der Waals surface area contributed by atoms with Crippen LogP contribution in [-0.4, -0.2) is 19.4 Å². The minimum absolute atomic E-state index is 0.0239. The number of hydrogen-bond acceptors (Lipinski definition) is 4. The molecule has 0 bridgehead atoms. The van der Waals surface area contributed by atoms with Crippen molar-refractivity contribution in [1.29, 1.82) is 0 Å². The van der Waals surface area contributed by atoms with Crippen LogP contribution in [0.5, 0.6) is 0 Å². The lowest BCUT2D eigenvalue weighted by molar-refractivity contribution is -0.174. The molecule has 0 aliphatic heterocycles. The normalized spacial score (nSPS) is 13.9. The van der Waals surface area contributed by atoms with E-state index < -0.39 is 12.8 Å². The van der Waals surface area contributed by atoms with Gasteiger partial charge >= 0.3 is 6.18 Å². The van der Waals surface area contributed by atoms with Gasteiger partial charge in [-0.2, -0.15) is 13.2 Å². The largest absolute Gasteiger partial charge is 0.411 e. The first kappa shape index (κ1) is 14.7. The monoisotopic (exact) mass is 288 g/mol. The molecule has 0 aliphatic carbocycles. The van der Waals surface area contributed by atoms with E-state index in [1.807, 2.05) is 0 Å². The predicted molar refractivity (Wildman–Crippen MR) is 60.9 cm³/mol. The van der Waals surface area contributed by atoms with Gasteiger partial charge in [-0.05, 0) is 18.6 Å². The smallest absolute Gasteiger partial charge is 0.372 e. The number of hydrogen-bond donors (Lipinski definition) is 2. The fraction of sp³-hybridized carbons (Fsp3) is 0.556. The zero-order chi connectivity index (χ0) is 12.9. The molecule has 1 aromatic heterocycles. The van der Waals surface area contributed by atoms with Crippen molar-refractivity contribution in [2.75, 3.05) is 13.2 Å². The van der Waals surface area contributed by atoms with Crippen LogP contribution < -0.4 is 11.3 Å². The molecule has 1 aromatic rings. The standard InChI is InChI=1S/C9H12ClF3N2OS/c10-8-2-1-7(17-8)6(15-14)3-4-16-5-9(11,12)13/h1-2,6,15H,3-5,14H2. The summed E-state index contributed by atoms with van der Waals surface area (Å²) in [6.45, 7) is -1.26. The Morgan fingerprint density at radius 3 is 2.65 bits per heavy atom. The second-order valence-electron chi connectivity index (χ2n) is 3.32. The second kappa shape index (κ2) is 6.55. The molecule has 0 fully saturated rings. The maximum absolute atomic E-state index is 11.8. The third kappa shape index (κ3) is 5.69. The summed E-state index contributed by atoms with van der Waals surface area (Å²) in [6, 6.07) is 3.24. The molecule has 1 unspecified atom stereocenters. The summed E-state index contributed by atoms with van der Waals surface area (Å²) >= 11 is 7.08. The van der Waals surface area contributed by atoms with E-state index in [4.69, 9.17) is 17.4 Å². The molecule has 0 radical (unpaired) electrons. The minimum atomic E-state index is -4.29. The first-order chi connectivity index (χ1) is 7.92. The van der Waals surface area contributed by atoms with Crippen LogP contribution >= 0.6 is 22.9 Å². The van der Waals surface area contributed by atoms with Gasteiger partial charge in [-0.25, -0.2) is 0 Å². The Kier molecular flexibility index (Phi) is 5.68. The average molecular weight is 289 g/mol. The number of alkyl halides is 3. The minimum Gasteiger partial charge on any atom is -0.372 e. The average Bonchev–Trinajstić information content (AvgIpc) is 2.63. The first-order valence-electron chi connectivity index (χ1n) is 4.78. The molecule has 17 heavy (non-hydrogen) atoms. The van der Waals surface area contributed by atoms with Crippen molar-refractivity contribution in [2.45, 2.75) is 18.6 Å². The third-order valence-corrected chi connectivity index (χ3v) is 3.30. The highest BCUT2D eigenvalue weighted by atomic mass is 35.5. The molecule has 3 N–H and O–H groups in total. The van der Waals surface area contributed by atoms with Crippen molar-refractivity contribution in [3.8, 4) is 0 Å². The Hall–Kier alpha value is -0.340. The fourth-order valence-corrected chi connectivity index (χ4v) is 2.37. The van der Waals surface area contributed by atoms with Gasteiger partial charge in [0.15, 0.2) is 0 Å². The Bertz CT molecular complexity index is 345. The quantitative estimate of drug-likeness (QED) is 0.481. The van der Waals surface area contributed by atoms with Gasteiger partial charge in [-0.1, -0.05) is 11.6 Å². The molecule has 3 nitrogen and oxygen atoms in total. The summed E-state index contributed by atoms with van der Waals surface area (Å²) in [5, 5.41) is 0. The third-order valence-electron chi connectivity index (χ3n) is 1.96. The molecule has 1 rings (SSSR count). The van der Waals surface area contributed by atoms with Crippen LogP contribution in [0.2, 0.25) is 4.34 Å². The topological polar surface area (TPSA) is 47.3 Å². The molecule has 0 saturated heterocycles. The Balaban J connectivity index is 2.33. The second-order valence-corrected chi connectivity index (χ2v) is 5.06. The molecule has 98 valence electrons. The molecule has 0 spiro atoms. The SMILES string of the molecule is NNC(CCOCC(F)(F)F)c1ccc(Cl)s1. The van der Waals surface area contributed by atoms with Gasteiger partial charge in [-0.15, -0.1) is 11.3 Å². The van der Waals surface area contributed by atoms with Crippen LogP contribution in [0.15, 0.2) is 12.1 Å². The lowest BCUT2D eigenvalue weighted by Gasteiger charge is -2.14. The number of ether oxygens (including phenoxy) is 1. The molecule has 0 aliphatic rings. The van der Waals surface area contributed by atoms with Gasteiger partial charge in [-0.3, -0.25) is 11.3 Å². The van der Waals surface area contributed by atoms with E-state index in [1.54, 1.807) is 12.1 Å². The number of hydrazine groups is 1. The zero-order valence-electron chi connectivity index (χ0n) is 8.76. The first-order valence-corrected chi connectivity index (χ1v) is 5.97. The van der Waals surface area contributed by atoms with Gasteiger partial charge < -0.3 is 4.74 Å². The zero-order valence-corrected chi connectivity index (χ0v) is 10.3. The summed E-state index contributed by atoms with van der Waals surface area (Å²) in [4.78, 5) is 0.869. The molecule has 0 amide bonds. The maximum atomic E-state index is 11.8. The summed E-state index contributed by atoms with van der Waals surface area (Å²) in [6.07, 6.45) is -3.94. The Labute approximate surface area is 106 Å². The van der Waals surface area contributed by atoms with E-state index >= 15 is 0 Å². The van der Waals surface area contributed by atoms with Gasteiger partial charge in [0.25, 0.3) is 0 Å². The highest BCUT2D eigenvalue weighted by Gasteiger charge is 2.27. The van der Waals surface area contributed by atoms with E-state index in [9.17, 15) is 13.2 Å². The highest BCUT2D eigenvalue weighted by molar-refractivity contribution is 7.16. The number of thiophene rings is 1. The molecule has 0 saturated carbocycles. The van der Waals surface area contributed by atoms with Crippen LogP contribution in [0.3, 0.4) is 0 Å². The van der Waals surface area contributed by atoms with Crippen molar-refractivity contribution in [2.24, 2.45) is 5.84 Å². The molecule has 0 aromatic carbocycles. The lowest BCUT2D eigenvalue weighted by atomic mass is 10.2. The van der Waals surface area contributed by atoms with Crippen LogP contribution in [0.1, 0.15) is 17.3 Å². The molecule has 1 heterocycles. The summed E-state index contributed by atoms with van der Waals surface area (Å²) in [5.74, 6) is 5.32. The van der Waals surface area contributed by atoms with Crippen molar-refractivity contribution in [3.05, 3.63) is 21.3 Å². The van der Waals surface area contributed by atoms with E-state index in [0.717, 1.165) is 4.88 Å². The summed E-state index contributed by atoms with van der Waals surface area (Å²) in [5.41, 5.74) is 2.52. The number of nitrogens with two attached hydrogens (primary N) is 1. The van der Waals surface area contributed by atoms with Crippen LogP contribution in [0.25, 0.3) is 0 Å². The van der Waals surface area contributed by atoms with Crippen molar-refractivity contribution < 1.29 is 17.9 Å². The van der Waals surface area contributed by atoms with Crippen molar-refractivity contribution in [3.63, 3.8) is 0 Å². The molecular formula is C9H12ClF3N2OS. The van der Waals surface area contributed by atoms with Gasteiger partial charge in [0, 0.05) is 11.5 Å². The van der Waals surface area contributed by atoms with Gasteiger partial charge in [0.05, 0.1) is 10.4 Å². The molecule has 1 atom stereocenters. The Morgan fingerprint density at radius 1 is 1.47 bits per heavy atom. The van der Waals surface area contributed by atoms with Gasteiger partial charge in [0.1, 0.15) is 6.61 Å². The van der Waals surface area contributed by atoms with Gasteiger partial charge in [0.2, 0.25) is 0 Å². The number of rotatable bonds is 6. The van der Waals surface area contributed by atoms with Crippen LogP contribution in [0.4, 0.5) is 13.2 Å². The number of nitrogens with one attached hydrogen (secondary N) is 1. The number of halogens is 4. The van der Waals surface area contributed by atoms with E-state index in [2.05, 4.69) is 10.2 Å². The van der Waals surface area contributed by atoms with E-state index in [-0.39, 0.29) is 12.6 Å². The van der Waals surface area contributed by atoms with Crippen LogP contribution in [-0.2, 0) is 4.74 Å². The summed E-state index contributed by atoms with van der Waals surface area (Å²) < 4.78 is 40.5. The highest BCUT2D eigenvalue weighted by Crippen LogP contribution is 2.28.